The van der Waals surface area contributed by atoms with Crippen molar-refractivity contribution in [1.82, 2.24) is 0 Å². The van der Waals surface area contributed by atoms with E-state index in [9.17, 15) is 0 Å². The summed E-state index contributed by atoms with van der Waals surface area (Å²) in [5.41, 5.74) is 12.6. The zero-order valence-corrected chi connectivity index (χ0v) is 7.83. The molecule has 3 nitrogen and oxygen atoms in total. The van der Waals surface area contributed by atoms with Gasteiger partial charge in [-0.25, -0.2) is 0 Å². The molecule has 0 unspecified atom stereocenters. The molecule has 0 heterocycles. The van der Waals surface area contributed by atoms with Crippen molar-refractivity contribution in [3.05, 3.63) is 23.8 Å². The van der Waals surface area contributed by atoms with Crippen LogP contribution in [0.5, 0.6) is 0 Å². The van der Waals surface area contributed by atoms with E-state index < -0.39 is 5.41 Å². The van der Waals surface area contributed by atoms with Crippen LogP contribution in [0.25, 0.3) is 0 Å². The van der Waals surface area contributed by atoms with Gasteiger partial charge in [0.2, 0.25) is 0 Å². The minimum Gasteiger partial charge on any atom is -0.397 e. The van der Waals surface area contributed by atoms with Crippen LogP contribution in [0.4, 0.5) is 11.4 Å². The van der Waals surface area contributed by atoms with Crippen LogP contribution >= 0.6 is 0 Å². The van der Waals surface area contributed by atoms with Crippen molar-refractivity contribution in [2.75, 3.05) is 11.5 Å². The van der Waals surface area contributed by atoms with Crippen LogP contribution in [0.1, 0.15) is 19.4 Å². The molecule has 0 spiro atoms. The lowest BCUT2D eigenvalue weighted by Gasteiger charge is -2.18. The SMILES string of the molecule is CC(C)(C#N)c1cccc(N)c1N. The van der Waals surface area contributed by atoms with E-state index in [1.54, 1.807) is 12.1 Å². The van der Waals surface area contributed by atoms with Crippen LogP contribution in [0.15, 0.2) is 18.2 Å². The van der Waals surface area contributed by atoms with Crippen molar-refractivity contribution in [3.8, 4) is 6.07 Å². The number of benzene rings is 1. The standard InChI is InChI=1S/C10H13N3/c1-10(2,6-11)7-4-3-5-8(12)9(7)13/h3-5H,12-13H2,1-2H3. The molecule has 0 saturated heterocycles. The van der Waals surface area contributed by atoms with Gasteiger partial charge < -0.3 is 11.5 Å². The van der Waals surface area contributed by atoms with E-state index in [2.05, 4.69) is 6.07 Å². The maximum Gasteiger partial charge on any atom is 0.0786 e. The fourth-order valence-electron chi connectivity index (χ4n) is 1.19. The molecule has 0 aliphatic heterocycles. The van der Waals surface area contributed by atoms with E-state index in [1.807, 2.05) is 19.9 Å². The van der Waals surface area contributed by atoms with Crippen molar-refractivity contribution in [2.24, 2.45) is 0 Å². The molecule has 0 aromatic heterocycles. The molecule has 1 aromatic rings. The molecule has 0 atom stereocenters. The summed E-state index contributed by atoms with van der Waals surface area (Å²) in [5.74, 6) is 0. The number of nitrogen functional groups attached to an aromatic ring is 2. The average molecular weight is 175 g/mol. The van der Waals surface area contributed by atoms with Gasteiger partial charge in [-0.3, -0.25) is 0 Å². The first-order valence-electron chi connectivity index (χ1n) is 4.04. The molecule has 3 heteroatoms. The zero-order chi connectivity index (χ0) is 10.1. The van der Waals surface area contributed by atoms with Gasteiger partial charge in [0.15, 0.2) is 0 Å². The van der Waals surface area contributed by atoms with E-state index >= 15 is 0 Å². The van der Waals surface area contributed by atoms with Gasteiger partial charge in [0.1, 0.15) is 0 Å². The molecule has 0 fully saturated rings. The predicted octanol–water partition coefficient (Wildman–Crippen LogP) is 1.65. The lowest BCUT2D eigenvalue weighted by molar-refractivity contribution is 0.690. The number of para-hydroxylation sites is 1. The molecule has 0 radical (unpaired) electrons. The van der Waals surface area contributed by atoms with Gasteiger partial charge in [0.25, 0.3) is 0 Å². The van der Waals surface area contributed by atoms with Gasteiger partial charge >= 0.3 is 0 Å². The summed E-state index contributed by atoms with van der Waals surface area (Å²) in [6.07, 6.45) is 0. The number of hydrogen-bond acceptors (Lipinski definition) is 3. The molecule has 1 aromatic carbocycles. The van der Waals surface area contributed by atoms with Crippen LogP contribution in [0.2, 0.25) is 0 Å². The van der Waals surface area contributed by atoms with E-state index in [0.29, 0.717) is 11.4 Å². The van der Waals surface area contributed by atoms with Crippen molar-refractivity contribution in [1.29, 1.82) is 5.26 Å². The number of hydrogen-bond donors (Lipinski definition) is 2. The molecule has 13 heavy (non-hydrogen) atoms. The topological polar surface area (TPSA) is 75.8 Å². The first-order chi connectivity index (χ1) is 5.99. The van der Waals surface area contributed by atoms with Gasteiger partial charge in [-0.15, -0.1) is 0 Å². The average Bonchev–Trinajstić information content (AvgIpc) is 2.09. The summed E-state index contributed by atoms with van der Waals surface area (Å²) < 4.78 is 0. The molecule has 4 N–H and O–H groups in total. The first-order valence-corrected chi connectivity index (χ1v) is 4.04. The van der Waals surface area contributed by atoms with Gasteiger partial charge in [-0.2, -0.15) is 5.26 Å². The van der Waals surface area contributed by atoms with Crippen LogP contribution < -0.4 is 11.5 Å². The summed E-state index contributed by atoms with van der Waals surface area (Å²) in [6, 6.07) is 7.55. The second-order valence-corrected chi connectivity index (χ2v) is 3.55. The van der Waals surface area contributed by atoms with Crippen molar-refractivity contribution in [2.45, 2.75) is 19.3 Å². The molecular formula is C10H13N3. The quantitative estimate of drug-likeness (QED) is 0.637. The second kappa shape index (κ2) is 2.98. The number of rotatable bonds is 1. The fraction of sp³-hybridized carbons (Fsp3) is 0.300. The van der Waals surface area contributed by atoms with E-state index in [1.165, 1.54) is 0 Å². The summed E-state index contributed by atoms with van der Waals surface area (Å²) >= 11 is 0. The van der Waals surface area contributed by atoms with Gasteiger partial charge in [0, 0.05) is 0 Å². The van der Waals surface area contributed by atoms with Gasteiger partial charge in [-0.1, -0.05) is 12.1 Å². The maximum absolute atomic E-state index is 8.92. The molecule has 1 rings (SSSR count). The lowest BCUT2D eigenvalue weighted by Crippen LogP contribution is -2.17. The highest BCUT2D eigenvalue weighted by molar-refractivity contribution is 5.69. The molecule has 0 bridgehead atoms. The number of nitriles is 1. The van der Waals surface area contributed by atoms with E-state index in [0.717, 1.165) is 5.56 Å². The first kappa shape index (κ1) is 9.40. The third-order valence-corrected chi connectivity index (χ3v) is 2.09. The van der Waals surface area contributed by atoms with Crippen LogP contribution in [0.3, 0.4) is 0 Å². The Balaban J connectivity index is 3.33. The van der Waals surface area contributed by atoms with E-state index in [4.69, 9.17) is 16.7 Å². The summed E-state index contributed by atoms with van der Waals surface area (Å²) in [4.78, 5) is 0. The Morgan fingerprint density at radius 3 is 2.46 bits per heavy atom. The molecular weight excluding hydrogens is 162 g/mol. The predicted molar refractivity (Wildman–Crippen MR) is 53.9 cm³/mol. The molecule has 68 valence electrons. The van der Waals surface area contributed by atoms with E-state index in [-0.39, 0.29) is 0 Å². The Morgan fingerprint density at radius 2 is 1.92 bits per heavy atom. The second-order valence-electron chi connectivity index (χ2n) is 3.55. The zero-order valence-electron chi connectivity index (χ0n) is 7.83. The maximum atomic E-state index is 8.92. The number of nitrogens with zero attached hydrogens (tertiary/aromatic N) is 1. The minimum atomic E-state index is -0.584. The van der Waals surface area contributed by atoms with Crippen LogP contribution in [-0.4, -0.2) is 0 Å². The monoisotopic (exact) mass is 175 g/mol. The third-order valence-electron chi connectivity index (χ3n) is 2.09. The normalized spacial score (nSPS) is 10.8. The third kappa shape index (κ3) is 1.57. The van der Waals surface area contributed by atoms with Gasteiger partial charge in [0.05, 0.1) is 22.9 Å². The summed E-state index contributed by atoms with van der Waals surface area (Å²) in [5, 5.41) is 8.92. The Morgan fingerprint density at radius 1 is 1.31 bits per heavy atom. The van der Waals surface area contributed by atoms with Crippen molar-refractivity contribution in [3.63, 3.8) is 0 Å². The van der Waals surface area contributed by atoms with Crippen molar-refractivity contribution < 1.29 is 0 Å². The summed E-state index contributed by atoms with van der Waals surface area (Å²) in [6.45, 7) is 3.64. The smallest absolute Gasteiger partial charge is 0.0786 e. The Bertz CT molecular complexity index is 361. The van der Waals surface area contributed by atoms with Crippen LogP contribution in [-0.2, 0) is 5.41 Å². The molecule has 0 amide bonds. The largest absolute Gasteiger partial charge is 0.397 e. The van der Waals surface area contributed by atoms with Gasteiger partial charge in [-0.05, 0) is 25.5 Å². The Hall–Kier alpha value is -1.69. The highest BCUT2D eigenvalue weighted by atomic mass is 14.7. The van der Waals surface area contributed by atoms with Crippen molar-refractivity contribution >= 4 is 11.4 Å². The lowest BCUT2D eigenvalue weighted by atomic mass is 9.85. The summed E-state index contributed by atoms with van der Waals surface area (Å²) in [7, 11) is 0. The Kier molecular flexibility index (Phi) is 2.16. The molecule has 0 aliphatic carbocycles. The minimum absolute atomic E-state index is 0.508. The molecule has 0 aliphatic rings. The number of nitrogens with two attached hydrogens (primary N) is 2. The highest BCUT2D eigenvalue weighted by Crippen LogP contribution is 2.30. The molecule has 0 saturated carbocycles. The van der Waals surface area contributed by atoms with Crippen LogP contribution in [0, 0.1) is 11.3 Å². The fourth-order valence-corrected chi connectivity index (χ4v) is 1.19. The Labute approximate surface area is 78.0 Å². The number of anilines is 2. The highest BCUT2D eigenvalue weighted by Gasteiger charge is 2.22.